The van der Waals surface area contributed by atoms with Gasteiger partial charge in [0.1, 0.15) is 0 Å². The number of likely N-dealkylation sites (N-methyl/N-ethyl adjacent to an activating group) is 1. The van der Waals surface area contributed by atoms with Gasteiger partial charge in [-0.15, -0.1) is 16.4 Å². The summed E-state index contributed by atoms with van der Waals surface area (Å²) >= 11 is 4.02. The van der Waals surface area contributed by atoms with E-state index in [1.165, 1.54) is 22.8 Å². The number of hydrogen-bond donors (Lipinski definition) is 1. The molecule has 3 rings (SSSR count). The quantitative estimate of drug-likeness (QED) is 0.922. The fraction of sp³-hybridized carbons (Fsp3) is 0.571. The first kappa shape index (κ1) is 14.1. The van der Waals surface area contributed by atoms with Crippen molar-refractivity contribution in [3.8, 4) is 0 Å². The molecule has 4 nitrogen and oxygen atoms in total. The molecule has 0 radical (unpaired) electrons. The van der Waals surface area contributed by atoms with Gasteiger partial charge in [0.2, 0.25) is 0 Å². The average molecular weight is 308 g/mol. The minimum atomic E-state index is 0.359. The van der Waals surface area contributed by atoms with Crippen molar-refractivity contribution in [2.45, 2.75) is 31.6 Å². The average Bonchev–Trinajstić information content (AvgIpc) is 3.04. The Bertz CT molecular complexity index is 552. The summed E-state index contributed by atoms with van der Waals surface area (Å²) in [5.74, 6) is 2.44. The van der Waals surface area contributed by atoms with Crippen molar-refractivity contribution in [1.82, 2.24) is 20.3 Å². The Kier molecular flexibility index (Phi) is 4.43. The molecule has 0 bridgehead atoms. The van der Waals surface area contributed by atoms with Crippen LogP contribution in [0.1, 0.15) is 34.0 Å². The Morgan fingerprint density at radius 2 is 2.40 bits per heavy atom. The number of nitrogens with one attached hydrogen (secondary N) is 1. The third kappa shape index (κ3) is 3.07. The highest BCUT2D eigenvalue weighted by atomic mass is 32.2. The van der Waals surface area contributed by atoms with Crippen LogP contribution < -0.4 is 5.32 Å². The number of rotatable bonds is 5. The van der Waals surface area contributed by atoms with Crippen LogP contribution in [0.5, 0.6) is 0 Å². The number of nitrogens with zero attached hydrogens (tertiary/aromatic N) is 3. The molecule has 2 aromatic rings. The van der Waals surface area contributed by atoms with Crippen LogP contribution in [0.3, 0.4) is 0 Å². The number of hydrogen-bond acceptors (Lipinski definition) is 5. The van der Waals surface area contributed by atoms with Gasteiger partial charge in [0, 0.05) is 41.2 Å². The van der Waals surface area contributed by atoms with E-state index in [2.05, 4.69) is 28.6 Å². The molecule has 108 valence electrons. The Balaban J connectivity index is 1.80. The van der Waals surface area contributed by atoms with E-state index >= 15 is 0 Å². The molecular formula is C14H20N4S2. The van der Waals surface area contributed by atoms with Crippen molar-refractivity contribution in [2.75, 3.05) is 12.3 Å². The largest absolute Gasteiger partial charge is 0.309 e. The number of thiophene rings is 1. The second kappa shape index (κ2) is 6.28. The van der Waals surface area contributed by atoms with E-state index in [9.17, 15) is 0 Å². The summed E-state index contributed by atoms with van der Waals surface area (Å²) in [5.41, 5.74) is 2.60. The van der Waals surface area contributed by atoms with Crippen LogP contribution in [0, 0.1) is 0 Å². The summed E-state index contributed by atoms with van der Waals surface area (Å²) in [6.45, 7) is 3.13. The molecule has 1 aliphatic rings. The smallest absolute Gasteiger partial charge is 0.0846 e. The van der Waals surface area contributed by atoms with Crippen molar-refractivity contribution in [3.63, 3.8) is 0 Å². The van der Waals surface area contributed by atoms with Crippen LogP contribution in [0.25, 0.3) is 0 Å². The highest BCUT2D eigenvalue weighted by Crippen LogP contribution is 2.35. The maximum atomic E-state index is 4.22. The SMILES string of the molecule is CCNC(Cc1cn(C)nn1)c1cc2c(s1)CCSC2. The van der Waals surface area contributed by atoms with Crippen molar-refractivity contribution < 1.29 is 0 Å². The van der Waals surface area contributed by atoms with Gasteiger partial charge in [-0.05, 0) is 30.3 Å². The normalized spacial score (nSPS) is 16.1. The van der Waals surface area contributed by atoms with Crippen LogP contribution in [-0.2, 0) is 25.6 Å². The van der Waals surface area contributed by atoms with Gasteiger partial charge in [0.25, 0.3) is 0 Å². The predicted octanol–water partition coefficient (Wildman–Crippen LogP) is 2.56. The zero-order valence-corrected chi connectivity index (χ0v) is 13.6. The second-order valence-electron chi connectivity index (χ2n) is 5.10. The first-order valence-corrected chi connectivity index (χ1v) is 9.01. The Morgan fingerprint density at radius 3 is 3.10 bits per heavy atom. The summed E-state index contributed by atoms with van der Waals surface area (Å²) in [5, 5.41) is 11.8. The highest BCUT2D eigenvalue weighted by Gasteiger charge is 2.20. The van der Waals surface area contributed by atoms with Crippen molar-refractivity contribution in [3.05, 3.63) is 33.3 Å². The summed E-state index contributed by atoms with van der Waals surface area (Å²) in [7, 11) is 1.92. The van der Waals surface area contributed by atoms with Crippen LogP contribution in [-0.4, -0.2) is 27.3 Å². The lowest BCUT2D eigenvalue weighted by molar-refractivity contribution is 0.551. The van der Waals surface area contributed by atoms with Gasteiger partial charge >= 0.3 is 0 Å². The molecule has 1 unspecified atom stereocenters. The lowest BCUT2D eigenvalue weighted by atomic mass is 10.1. The third-order valence-electron chi connectivity index (χ3n) is 3.50. The van der Waals surface area contributed by atoms with Gasteiger partial charge in [-0.1, -0.05) is 12.1 Å². The molecule has 1 atom stereocenters. The van der Waals surface area contributed by atoms with Crippen LogP contribution in [0.4, 0.5) is 0 Å². The fourth-order valence-corrected chi connectivity index (χ4v) is 5.01. The van der Waals surface area contributed by atoms with Crippen LogP contribution >= 0.6 is 23.1 Å². The van der Waals surface area contributed by atoms with Gasteiger partial charge in [-0.25, -0.2) is 0 Å². The summed E-state index contributed by atoms with van der Waals surface area (Å²) in [6, 6.07) is 2.76. The predicted molar refractivity (Wildman–Crippen MR) is 85.3 cm³/mol. The highest BCUT2D eigenvalue weighted by molar-refractivity contribution is 7.98. The molecule has 0 amide bonds. The van der Waals surface area contributed by atoms with Gasteiger partial charge in [0.05, 0.1) is 5.69 Å². The van der Waals surface area contributed by atoms with Gasteiger partial charge in [-0.2, -0.15) is 11.8 Å². The monoisotopic (exact) mass is 308 g/mol. The van der Waals surface area contributed by atoms with E-state index in [0.29, 0.717) is 6.04 Å². The maximum Gasteiger partial charge on any atom is 0.0846 e. The standard InChI is InChI=1S/C14H20N4S2/c1-3-15-12(7-11-8-18(2)17-16-11)14-6-10-9-19-5-4-13(10)20-14/h6,8,12,15H,3-5,7,9H2,1-2H3. The molecule has 0 saturated carbocycles. The van der Waals surface area contributed by atoms with Crippen LogP contribution in [0.2, 0.25) is 0 Å². The zero-order valence-electron chi connectivity index (χ0n) is 11.9. The Hall–Kier alpha value is -0.850. The summed E-state index contributed by atoms with van der Waals surface area (Å²) < 4.78 is 1.77. The first-order valence-electron chi connectivity index (χ1n) is 7.04. The molecular weight excluding hydrogens is 288 g/mol. The molecule has 0 saturated heterocycles. The lowest BCUT2D eigenvalue weighted by Gasteiger charge is -2.14. The number of aromatic nitrogens is 3. The molecule has 0 aromatic carbocycles. The Labute approximate surface area is 128 Å². The molecule has 20 heavy (non-hydrogen) atoms. The van der Waals surface area contributed by atoms with E-state index in [4.69, 9.17) is 0 Å². The van der Waals surface area contributed by atoms with Crippen molar-refractivity contribution >= 4 is 23.1 Å². The maximum absolute atomic E-state index is 4.22. The minimum Gasteiger partial charge on any atom is -0.309 e. The summed E-state index contributed by atoms with van der Waals surface area (Å²) in [4.78, 5) is 3.03. The molecule has 1 N–H and O–H groups in total. The van der Waals surface area contributed by atoms with Crippen molar-refractivity contribution in [1.29, 1.82) is 0 Å². The van der Waals surface area contributed by atoms with Gasteiger partial charge < -0.3 is 5.32 Å². The van der Waals surface area contributed by atoms with E-state index in [1.54, 1.807) is 15.1 Å². The number of fused-ring (bicyclic) bond motifs is 1. The van der Waals surface area contributed by atoms with E-state index in [1.807, 2.05) is 36.3 Å². The molecule has 1 aliphatic heterocycles. The van der Waals surface area contributed by atoms with E-state index in [0.717, 1.165) is 18.7 Å². The second-order valence-corrected chi connectivity index (χ2v) is 7.37. The molecule has 6 heteroatoms. The van der Waals surface area contributed by atoms with Crippen LogP contribution in [0.15, 0.2) is 12.3 Å². The fourth-order valence-electron chi connectivity index (χ4n) is 2.56. The van der Waals surface area contributed by atoms with Crippen molar-refractivity contribution in [2.24, 2.45) is 7.05 Å². The minimum absolute atomic E-state index is 0.359. The third-order valence-corrected chi connectivity index (χ3v) is 5.86. The van der Waals surface area contributed by atoms with E-state index in [-0.39, 0.29) is 0 Å². The molecule has 0 fully saturated rings. The van der Waals surface area contributed by atoms with E-state index < -0.39 is 0 Å². The van der Waals surface area contributed by atoms with Gasteiger partial charge in [-0.3, -0.25) is 4.68 Å². The molecule has 2 aromatic heterocycles. The number of aryl methyl sites for hydroxylation is 2. The molecule has 3 heterocycles. The lowest BCUT2D eigenvalue weighted by Crippen LogP contribution is -2.22. The summed E-state index contributed by atoms with van der Waals surface area (Å²) in [6.07, 6.45) is 4.15. The molecule has 0 aliphatic carbocycles. The first-order chi connectivity index (χ1) is 9.76. The zero-order chi connectivity index (χ0) is 13.9. The Morgan fingerprint density at radius 1 is 1.50 bits per heavy atom. The number of thioether (sulfide) groups is 1. The topological polar surface area (TPSA) is 42.7 Å². The van der Waals surface area contributed by atoms with Gasteiger partial charge in [0.15, 0.2) is 0 Å². The molecule has 0 spiro atoms.